The number of hydrogen-bond acceptors (Lipinski definition) is 7. The fourth-order valence-corrected chi connectivity index (χ4v) is 8.06. The van der Waals surface area contributed by atoms with Crippen LogP contribution in [0.3, 0.4) is 0 Å². The van der Waals surface area contributed by atoms with Gasteiger partial charge in [-0.15, -0.1) is 0 Å². The van der Waals surface area contributed by atoms with E-state index in [9.17, 15) is 24.5 Å². The predicted molar refractivity (Wildman–Crippen MR) is 237 cm³/mol. The van der Waals surface area contributed by atoms with Crippen molar-refractivity contribution in [2.45, 2.75) is 257 Å². The molecule has 0 bridgehead atoms. The highest BCUT2D eigenvalue weighted by molar-refractivity contribution is 7.47. The van der Waals surface area contributed by atoms with Crippen molar-refractivity contribution < 1.29 is 33.5 Å². The lowest BCUT2D eigenvalue weighted by molar-refractivity contribution is -0.124. The van der Waals surface area contributed by atoms with E-state index in [0.717, 1.165) is 38.5 Å². The molecule has 0 aromatic heterocycles. The van der Waals surface area contributed by atoms with E-state index < -0.39 is 38.6 Å². The van der Waals surface area contributed by atoms with Gasteiger partial charge in [-0.1, -0.05) is 225 Å². The fraction of sp³-hybridized carbons (Fsp3) is 0.935. The van der Waals surface area contributed by atoms with Crippen molar-refractivity contribution in [2.75, 3.05) is 19.8 Å². The fourth-order valence-electron chi connectivity index (χ4n) is 7.30. The Morgan fingerprint density at radius 2 is 0.982 bits per heavy atom. The smallest absolute Gasteiger partial charge is 0.393 e. The summed E-state index contributed by atoms with van der Waals surface area (Å²) < 4.78 is 22.1. The van der Waals surface area contributed by atoms with Crippen LogP contribution in [0.25, 0.3) is 0 Å². The molecule has 0 fully saturated rings. The molecule has 4 atom stereocenters. The molecule has 9 nitrogen and oxygen atoms in total. The number of rotatable bonds is 45. The molecule has 0 radical (unpaired) electrons. The minimum absolute atomic E-state index is 0.0517. The molecule has 56 heavy (non-hydrogen) atoms. The van der Waals surface area contributed by atoms with E-state index in [-0.39, 0.29) is 19.6 Å². The number of allylic oxidation sites excluding steroid dienone is 1. The van der Waals surface area contributed by atoms with Gasteiger partial charge in [-0.25, -0.2) is 4.57 Å². The van der Waals surface area contributed by atoms with Gasteiger partial charge in [-0.3, -0.25) is 13.8 Å². The second-order valence-corrected chi connectivity index (χ2v) is 18.0. The quantitative estimate of drug-likeness (QED) is 0.0231. The van der Waals surface area contributed by atoms with Crippen LogP contribution >= 0.6 is 7.82 Å². The maximum atomic E-state index is 12.8. The number of phosphoric acid groups is 1. The Labute approximate surface area is 346 Å². The van der Waals surface area contributed by atoms with Gasteiger partial charge in [0.2, 0.25) is 5.91 Å². The van der Waals surface area contributed by atoms with Crippen LogP contribution in [0.5, 0.6) is 0 Å². The van der Waals surface area contributed by atoms with E-state index >= 15 is 0 Å². The SMILES string of the molecule is CCCCCCCCCCCCCCCCC/C=C/C(O)C(COP(=O)(O)OCCN)NC(=O)CC(O)CCCCCCCCCCCCCCCCCCC. The first-order valence-electron chi connectivity index (χ1n) is 23.9. The van der Waals surface area contributed by atoms with Crippen LogP contribution in [0, 0.1) is 0 Å². The predicted octanol–water partition coefficient (Wildman–Crippen LogP) is 12.5. The summed E-state index contributed by atoms with van der Waals surface area (Å²) in [7, 11) is -4.40. The van der Waals surface area contributed by atoms with Gasteiger partial charge in [-0.05, 0) is 19.3 Å². The number of amides is 1. The number of phosphoric ester groups is 1. The molecule has 0 saturated heterocycles. The van der Waals surface area contributed by atoms with Crippen LogP contribution in [0.1, 0.15) is 239 Å². The molecule has 6 N–H and O–H groups in total. The van der Waals surface area contributed by atoms with Gasteiger partial charge >= 0.3 is 7.82 Å². The summed E-state index contributed by atoms with van der Waals surface area (Å²) in [6, 6.07) is -0.978. The van der Waals surface area contributed by atoms with Crippen molar-refractivity contribution in [1.82, 2.24) is 5.32 Å². The highest BCUT2D eigenvalue weighted by atomic mass is 31.2. The molecule has 0 spiro atoms. The van der Waals surface area contributed by atoms with Gasteiger partial charge in [0.05, 0.1) is 37.9 Å². The molecular formula is C46H93N2O7P. The van der Waals surface area contributed by atoms with Crippen LogP contribution in [0.15, 0.2) is 12.2 Å². The average molecular weight is 817 g/mol. The summed E-state index contributed by atoms with van der Waals surface area (Å²) in [4.78, 5) is 22.8. The molecule has 0 aromatic carbocycles. The van der Waals surface area contributed by atoms with Crippen molar-refractivity contribution >= 4 is 13.7 Å². The van der Waals surface area contributed by atoms with E-state index in [1.165, 1.54) is 173 Å². The third-order valence-electron chi connectivity index (χ3n) is 10.9. The minimum atomic E-state index is -4.40. The van der Waals surface area contributed by atoms with Gasteiger partial charge in [0.1, 0.15) is 0 Å². The average Bonchev–Trinajstić information content (AvgIpc) is 3.17. The normalized spacial score (nSPS) is 14.6. The highest BCUT2D eigenvalue weighted by Crippen LogP contribution is 2.43. The van der Waals surface area contributed by atoms with E-state index in [4.69, 9.17) is 14.8 Å². The summed E-state index contributed by atoms with van der Waals surface area (Å²) in [6.07, 6.45) is 44.4. The van der Waals surface area contributed by atoms with Crippen molar-refractivity contribution in [3.05, 3.63) is 12.2 Å². The maximum Gasteiger partial charge on any atom is 0.472 e. The summed E-state index contributed by atoms with van der Waals surface area (Å²) in [5, 5.41) is 24.1. The molecule has 0 rings (SSSR count). The molecule has 0 aliphatic carbocycles. The van der Waals surface area contributed by atoms with Crippen LogP contribution in [0.2, 0.25) is 0 Å². The van der Waals surface area contributed by atoms with E-state index in [1.54, 1.807) is 6.08 Å². The lowest BCUT2D eigenvalue weighted by Crippen LogP contribution is -2.46. The zero-order valence-electron chi connectivity index (χ0n) is 36.8. The number of carbonyl (C=O) groups excluding carboxylic acids is 1. The second-order valence-electron chi connectivity index (χ2n) is 16.5. The Morgan fingerprint density at radius 1 is 0.607 bits per heavy atom. The summed E-state index contributed by atoms with van der Waals surface area (Å²) >= 11 is 0. The Hall–Kier alpha value is -0.800. The van der Waals surface area contributed by atoms with Crippen LogP contribution < -0.4 is 11.1 Å². The van der Waals surface area contributed by atoms with Crippen molar-refractivity contribution in [2.24, 2.45) is 5.73 Å². The number of unbranched alkanes of at least 4 members (excludes halogenated alkanes) is 31. The number of nitrogens with one attached hydrogen (secondary N) is 1. The standard InChI is InChI=1S/C46H93N2O7P/c1-3-5-7-9-11-13-15-17-19-21-23-25-27-29-31-33-35-37-43(49)41-46(51)48-44(42-55-56(52,53)54-40-39-47)45(50)38-36-34-32-30-28-26-24-22-20-18-16-14-12-10-8-6-4-2/h36,38,43-45,49-50H,3-35,37,39-42,47H2,1-2H3,(H,48,51)(H,52,53)/b38-36+. The molecule has 10 heteroatoms. The van der Waals surface area contributed by atoms with Crippen molar-refractivity contribution in [3.63, 3.8) is 0 Å². The van der Waals surface area contributed by atoms with Gasteiger partial charge in [0.25, 0.3) is 0 Å². The molecule has 0 aromatic rings. The molecular weight excluding hydrogens is 723 g/mol. The van der Waals surface area contributed by atoms with E-state index in [1.807, 2.05) is 6.08 Å². The Bertz CT molecular complexity index is 909. The largest absolute Gasteiger partial charge is 0.472 e. The van der Waals surface area contributed by atoms with Gasteiger partial charge in [0, 0.05) is 6.54 Å². The summed E-state index contributed by atoms with van der Waals surface area (Å²) in [5.74, 6) is -0.441. The zero-order chi connectivity index (χ0) is 41.2. The lowest BCUT2D eigenvalue weighted by atomic mass is 10.0. The highest BCUT2D eigenvalue weighted by Gasteiger charge is 2.27. The van der Waals surface area contributed by atoms with E-state index in [0.29, 0.717) is 6.42 Å². The minimum Gasteiger partial charge on any atom is -0.393 e. The third kappa shape index (κ3) is 40.0. The van der Waals surface area contributed by atoms with Gasteiger partial charge < -0.3 is 26.2 Å². The van der Waals surface area contributed by atoms with E-state index in [2.05, 4.69) is 19.2 Å². The molecule has 0 saturated carbocycles. The second kappa shape index (κ2) is 42.3. The first-order valence-corrected chi connectivity index (χ1v) is 25.4. The number of nitrogens with two attached hydrogens (primary N) is 1. The molecule has 0 heterocycles. The summed E-state index contributed by atoms with van der Waals surface area (Å²) in [6.45, 7) is 4.01. The molecule has 334 valence electrons. The number of aliphatic hydroxyl groups excluding tert-OH is 2. The molecule has 4 unspecified atom stereocenters. The van der Waals surface area contributed by atoms with Crippen molar-refractivity contribution in [1.29, 1.82) is 0 Å². The van der Waals surface area contributed by atoms with Crippen LogP contribution in [0.4, 0.5) is 0 Å². The Kier molecular flexibility index (Phi) is 41.7. The monoisotopic (exact) mass is 817 g/mol. The first-order chi connectivity index (χ1) is 27.3. The topological polar surface area (TPSA) is 151 Å². The maximum absolute atomic E-state index is 12.8. The lowest BCUT2D eigenvalue weighted by Gasteiger charge is -2.24. The Morgan fingerprint density at radius 3 is 1.38 bits per heavy atom. The third-order valence-corrected chi connectivity index (χ3v) is 11.9. The van der Waals surface area contributed by atoms with Gasteiger partial charge in [-0.2, -0.15) is 0 Å². The molecule has 0 aliphatic heterocycles. The summed E-state index contributed by atoms with van der Waals surface area (Å²) in [5.41, 5.74) is 5.37. The van der Waals surface area contributed by atoms with Crippen LogP contribution in [-0.2, 0) is 18.4 Å². The van der Waals surface area contributed by atoms with Crippen LogP contribution in [-0.4, -0.2) is 59.0 Å². The van der Waals surface area contributed by atoms with Crippen molar-refractivity contribution in [3.8, 4) is 0 Å². The first kappa shape index (κ1) is 55.2. The number of hydrogen-bond donors (Lipinski definition) is 5. The molecule has 0 aliphatic rings. The zero-order valence-corrected chi connectivity index (χ0v) is 37.7. The van der Waals surface area contributed by atoms with Gasteiger partial charge in [0.15, 0.2) is 0 Å². The number of carbonyl (C=O) groups is 1. The number of aliphatic hydroxyl groups is 2. The Balaban J connectivity index is 4.23. The molecule has 1 amide bonds.